The number of amides is 1. The molecule has 25 heavy (non-hydrogen) atoms. The maximum Gasteiger partial charge on any atom is 0.339 e. The van der Waals surface area contributed by atoms with Gasteiger partial charge in [0.2, 0.25) is 5.91 Å². The number of carboxylic acids is 1. The standard InChI is InChI=1S/C17H17F2NO5/c1-10-13(17(22)23)8-12(25-10)9-20-16(21)3-2-6-24-15-5-4-11(18)7-14(15)19/h4-5,7-8H,2-3,6,9H2,1H3,(H,20,21)(H,22,23). The average Bonchev–Trinajstić information content (AvgIpc) is 2.92. The van der Waals surface area contributed by atoms with Crippen LogP contribution in [0.2, 0.25) is 0 Å². The minimum atomic E-state index is -1.09. The average molecular weight is 353 g/mol. The minimum Gasteiger partial charge on any atom is -0.491 e. The van der Waals surface area contributed by atoms with Crippen molar-refractivity contribution in [1.82, 2.24) is 5.32 Å². The molecule has 1 amide bonds. The van der Waals surface area contributed by atoms with E-state index in [0.29, 0.717) is 12.2 Å². The summed E-state index contributed by atoms with van der Waals surface area (Å²) in [5.74, 6) is -2.33. The van der Waals surface area contributed by atoms with Crippen LogP contribution in [0.4, 0.5) is 8.78 Å². The summed E-state index contributed by atoms with van der Waals surface area (Å²) in [4.78, 5) is 22.6. The Morgan fingerprint density at radius 3 is 2.68 bits per heavy atom. The Morgan fingerprint density at radius 2 is 2.04 bits per heavy atom. The van der Waals surface area contributed by atoms with E-state index in [9.17, 15) is 18.4 Å². The number of furan rings is 1. The van der Waals surface area contributed by atoms with Crippen molar-refractivity contribution in [3.63, 3.8) is 0 Å². The van der Waals surface area contributed by atoms with Crippen LogP contribution < -0.4 is 10.1 Å². The lowest BCUT2D eigenvalue weighted by molar-refractivity contribution is -0.121. The molecule has 6 nitrogen and oxygen atoms in total. The molecular formula is C17H17F2NO5. The third-order valence-corrected chi connectivity index (χ3v) is 3.36. The quantitative estimate of drug-likeness (QED) is 0.712. The van der Waals surface area contributed by atoms with Crippen LogP contribution in [0, 0.1) is 18.6 Å². The number of hydrogen-bond donors (Lipinski definition) is 2. The highest BCUT2D eigenvalue weighted by molar-refractivity contribution is 5.88. The third-order valence-electron chi connectivity index (χ3n) is 3.36. The van der Waals surface area contributed by atoms with E-state index in [1.165, 1.54) is 19.1 Å². The summed E-state index contributed by atoms with van der Waals surface area (Å²) in [7, 11) is 0. The molecule has 1 aromatic carbocycles. The van der Waals surface area contributed by atoms with E-state index >= 15 is 0 Å². The molecule has 2 rings (SSSR count). The molecule has 0 saturated carbocycles. The van der Waals surface area contributed by atoms with E-state index in [1.807, 2.05) is 0 Å². The number of halogens is 2. The molecule has 0 bridgehead atoms. The Labute approximate surface area is 142 Å². The van der Waals surface area contributed by atoms with Crippen molar-refractivity contribution in [2.24, 2.45) is 0 Å². The van der Waals surface area contributed by atoms with Gasteiger partial charge in [-0.25, -0.2) is 13.6 Å². The van der Waals surface area contributed by atoms with Gasteiger partial charge in [0.1, 0.15) is 22.9 Å². The van der Waals surface area contributed by atoms with Crippen molar-refractivity contribution >= 4 is 11.9 Å². The summed E-state index contributed by atoms with van der Waals surface area (Å²) in [5.41, 5.74) is 0.0546. The Balaban J connectivity index is 1.70. The first-order valence-electron chi connectivity index (χ1n) is 7.54. The number of aryl methyl sites for hydroxylation is 1. The van der Waals surface area contributed by atoms with E-state index in [4.69, 9.17) is 14.3 Å². The van der Waals surface area contributed by atoms with Gasteiger partial charge in [-0.2, -0.15) is 0 Å². The summed E-state index contributed by atoms with van der Waals surface area (Å²) in [5, 5.41) is 11.5. The van der Waals surface area contributed by atoms with Gasteiger partial charge in [-0.05, 0) is 31.5 Å². The van der Waals surface area contributed by atoms with Crippen LogP contribution in [0.5, 0.6) is 5.75 Å². The maximum absolute atomic E-state index is 13.3. The molecule has 2 N–H and O–H groups in total. The lowest BCUT2D eigenvalue weighted by atomic mass is 10.2. The monoisotopic (exact) mass is 353 g/mol. The zero-order valence-electron chi connectivity index (χ0n) is 13.5. The molecular weight excluding hydrogens is 336 g/mol. The van der Waals surface area contributed by atoms with Crippen LogP contribution in [0.25, 0.3) is 0 Å². The first-order valence-corrected chi connectivity index (χ1v) is 7.54. The number of benzene rings is 1. The summed E-state index contributed by atoms with van der Waals surface area (Å²) >= 11 is 0. The van der Waals surface area contributed by atoms with Crippen LogP contribution in [0.15, 0.2) is 28.7 Å². The van der Waals surface area contributed by atoms with Crippen molar-refractivity contribution in [3.8, 4) is 5.75 Å². The van der Waals surface area contributed by atoms with Gasteiger partial charge in [-0.3, -0.25) is 4.79 Å². The number of aromatic carboxylic acids is 1. The van der Waals surface area contributed by atoms with Gasteiger partial charge in [0.05, 0.1) is 13.2 Å². The van der Waals surface area contributed by atoms with Crippen LogP contribution in [-0.2, 0) is 11.3 Å². The Kier molecular flexibility index (Phi) is 6.10. The van der Waals surface area contributed by atoms with Crippen LogP contribution in [-0.4, -0.2) is 23.6 Å². The zero-order chi connectivity index (χ0) is 18.4. The molecule has 1 heterocycles. The molecule has 2 aromatic rings. The van der Waals surface area contributed by atoms with Crippen molar-refractivity contribution in [2.75, 3.05) is 6.61 Å². The molecule has 0 fully saturated rings. The van der Waals surface area contributed by atoms with E-state index in [1.54, 1.807) is 0 Å². The molecule has 8 heteroatoms. The van der Waals surface area contributed by atoms with Crippen molar-refractivity contribution < 1.29 is 32.6 Å². The largest absolute Gasteiger partial charge is 0.491 e. The lowest BCUT2D eigenvalue weighted by Crippen LogP contribution is -2.22. The highest BCUT2D eigenvalue weighted by Gasteiger charge is 2.14. The van der Waals surface area contributed by atoms with Gasteiger partial charge in [0.15, 0.2) is 11.6 Å². The van der Waals surface area contributed by atoms with Crippen molar-refractivity contribution in [3.05, 3.63) is 53.0 Å². The second kappa shape index (κ2) is 8.27. The molecule has 0 aliphatic rings. The second-order valence-corrected chi connectivity index (χ2v) is 5.29. The normalized spacial score (nSPS) is 10.5. The first-order chi connectivity index (χ1) is 11.9. The van der Waals surface area contributed by atoms with Gasteiger partial charge in [-0.1, -0.05) is 0 Å². The molecule has 0 atom stereocenters. The minimum absolute atomic E-state index is 0.0546. The SMILES string of the molecule is Cc1oc(CNC(=O)CCCOc2ccc(F)cc2F)cc1C(=O)O. The number of carboxylic acid groups (broad SMARTS) is 1. The van der Waals surface area contributed by atoms with Crippen LogP contribution in [0.3, 0.4) is 0 Å². The van der Waals surface area contributed by atoms with E-state index in [0.717, 1.165) is 12.1 Å². The number of carbonyl (C=O) groups is 2. The number of hydrogen-bond acceptors (Lipinski definition) is 4. The molecule has 0 radical (unpaired) electrons. The Bertz CT molecular complexity index is 772. The van der Waals surface area contributed by atoms with Crippen LogP contribution in [0.1, 0.15) is 34.7 Å². The summed E-state index contributed by atoms with van der Waals surface area (Å²) in [6.07, 6.45) is 0.467. The fourth-order valence-corrected chi connectivity index (χ4v) is 2.12. The van der Waals surface area contributed by atoms with Crippen molar-refractivity contribution in [2.45, 2.75) is 26.3 Å². The fourth-order valence-electron chi connectivity index (χ4n) is 2.12. The van der Waals surface area contributed by atoms with E-state index in [-0.39, 0.29) is 42.6 Å². The molecule has 0 spiro atoms. The molecule has 1 aromatic heterocycles. The van der Waals surface area contributed by atoms with Gasteiger partial charge in [-0.15, -0.1) is 0 Å². The number of carbonyl (C=O) groups excluding carboxylic acids is 1. The van der Waals surface area contributed by atoms with E-state index < -0.39 is 17.6 Å². The highest BCUT2D eigenvalue weighted by atomic mass is 19.1. The Morgan fingerprint density at radius 1 is 1.28 bits per heavy atom. The summed E-state index contributed by atoms with van der Waals surface area (Å²) in [6.45, 7) is 1.69. The van der Waals surface area contributed by atoms with Gasteiger partial charge in [0.25, 0.3) is 0 Å². The predicted octanol–water partition coefficient (Wildman–Crippen LogP) is 3.04. The van der Waals surface area contributed by atoms with Crippen LogP contribution >= 0.6 is 0 Å². The number of nitrogens with one attached hydrogen (secondary N) is 1. The summed E-state index contributed by atoms with van der Waals surface area (Å²) < 4.78 is 36.5. The van der Waals surface area contributed by atoms with Gasteiger partial charge >= 0.3 is 5.97 Å². The first kappa shape index (κ1) is 18.4. The van der Waals surface area contributed by atoms with Gasteiger partial charge < -0.3 is 19.6 Å². The lowest BCUT2D eigenvalue weighted by Gasteiger charge is -2.07. The molecule has 0 aliphatic heterocycles. The summed E-state index contributed by atoms with van der Waals surface area (Å²) in [6, 6.07) is 4.35. The van der Waals surface area contributed by atoms with E-state index in [2.05, 4.69) is 5.32 Å². The molecule has 0 unspecified atom stereocenters. The fraction of sp³-hybridized carbons (Fsp3) is 0.294. The molecule has 134 valence electrons. The topological polar surface area (TPSA) is 88.8 Å². The zero-order valence-corrected chi connectivity index (χ0v) is 13.5. The van der Waals surface area contributed by atoms with Crippen molar-refractivity contribution in [1.29, 1.82) is 0 Å². The number of rotatable bonds is 8. The van der Waals surface area contributed by atoms with Gasteiger partial charge in [0, 0.05) is 12.5 Å². The number of ether oxygens (including phenoxy) is 1. The third kappa shape index (κ3) is 5.30. The molecule has 0 saturated heterocycles. The molecule has 0 aliphatic carbocycles. The maximum atomic E-state index is 13.3. The Hall–Kier alpha value is -2.90. The smallest absolute Gasteiger partial charge is 0.339 e. The second-order valence-electron chi connectivity index (χ2n) is 5.29. The highest BCUT2D eigenvalue weighted by Crippen LogP contribution is 2.18. The predicted molar refractivity (Wildman–Crippen MR) is 83.3 cm³/mol.